The molecular weight excluding hydrogens is 292 g/mol. The highest BCUT2D eigenvalue weighted by molar-refractivity contribution is 6.02. The zero-order chi connectivity index (χ0) is 15.8. The van der Waals surface area contributed by atoms with Crippen molar-refractivity contribution in [2.24, 2.45) is 22.7 Å². The van der Waals surface area contributed by atoms with Crippen LogP contribution in [0.1, 0.15) is 59.2 Å². The predicted molar refractivity (Wildman–Crippen MR) is 82.2 cm³/mol. The number of aromatic carboxylic acids is 1. The molecule has 0 aromatic heterocycles. The first-order valence-electron chi connectivity index (χ1n) is 8.59. The fourth-order valence-corrected chi connectivity index (χ4v) is 5.89. The van der Waals surface area contributed by atoms with Crippen molar-refractivity contribution >= 4 is 11.9 Å². The average molecular weight is 312 g/mol. The number of carboxylic acids is 1. The number of fused-ring (bicyclic) bond motifs is 1. The Morgan fingerprint density at radius 1 is 1.09 bits per heavy atom. The van der Waals surface area contributed by atoms with Gasteiger partial charge in [0.1, 0.15) is 6.10 Å². The Hall–Kier alpha value is -1.84. The van der Waals surface area contributed by atoms with Crippen LogP contribution in [0.3, 0.4) is 0 Å². The molecule has 120 valence electrons. The number of rotatable bonds is 3. The van der Waals surface area contributed by atoms with Gasteiger partial charge in [-0.05, 0) is 67.4 Å². The van der Waals surface area contributed by atoms with Crippen molar-refractivity contribution in [1.82, 2.24) is 0 Å². The highest BCUT2D eigenvalue weighted by Gasteiger charge is 2.76. The number of ether oxygens (including phenoxy) is 1. The van der Waals surface area contributed by atoms with E-state index < -0.39 is 11.9 Å². The maximum Gasteiger partial charge on any atom is 0.339 e. The van der Waals surface area contributed by atoms with Crippen molar-refractivity contribution in [2.75, 3.05) is 0 Å². The Bertz CT molecular complexity index is 714. The van der Waals surface area contributed by atoms with Crippen molar-refractivity contribution in [3.63, 3.8) is 0 Å². The van der Waals surface area contributed by atoms with E-state index in [1.807, 2.05) is 0 Å². The molecule has 4 aliphatic rings. The monoisotopic (exact) mass is 312 g/mol. The molecule has 0 heterocycles. The highest BCUT2D eigenvalue weighted by atomic mass is 16.5. The second kappa shape index (κ2) is 4.16. The average Bonchev–Trinajstić information content (AvgIpc) is 3.42. The van der Waals surface area contributed by atoms with E-state index in [0.717, 1.165) is 12.3 Å². The summed E-state index contributed by atoms with van der Waals surface area (Å²) in [5.41, 5.74) is 1.13. The van der Waals surface area contributed by atoms with Crippen LogP contribution in [0, 0.1) is 22.7 Å². The van der Waals surface area contributed by atoms with E-state index >= 15 is 0 Å². The smallest absolute Gasteiger partial charge is 0.339 e. The summed E-state index contributed by atoms with van der Waals surface area (Å²) in [5.74, 6) is -0.293. The lowest BCUT2D eigenvalue weighted by Gasteiger charge is -2.30. The van der Waals surface area contributed by atoms with E-state index in [-0.39, 0.29) is 17.2 Å². The minimum Gasteiger partial charge on any atom is -0.478 e. The molecule has 4 fully saturated rings. The summed E-state index contributed by atoms with van der Waals surface area (Å²) in [7, 11) is 0. The predicted octanol–water partition coefficient (Wildman–Crippen LogP) is 3.51. The lowest BCUT2D eigenvalue weighted by Crippen LogP contribution is -2.32. The molecule has 23 heavy (non-hydrogen) atoms. The van der Waals surface area contributed by atoms with Gasteiger partial charge in [-0.3, -0.25) is 0 Å². The number of carbonyl (C=O) groups excluding carboxylic acids is 1. The van der Waals surface area contributed by atoms with E-state index in [1.54, 1.807) is 18.2 Å². The Balaban J connectivity index is 1.41. The van der Waals surface area contributed by atoms with Crippen LogP contribution in [-0.2, 0) is 4.74 Å². The molecule has 5 rings (SSSR count). The zero-order valence-electron chi connectivity index (χ0n) is 13.0. The molecule has 2 spiro atoms. The van der Waals surface area contributed by atoms with Crippen LogP contribution >= 0.6 is 0 Å². The van der Waals surface area contributed by atoms with Crippen molar-refractivity contribution < 1.29 is 19.4 Å². The van der Waals surface area contributed by atoms with Crippen LogP contribution < -0.4 is 0 Å². The number of hydrogen-bond donors (Lipinski definition) is 1. The van der Waals surface area contributed by atoms with Gasteiger partial charge < -0.3 is 9.84 Å². The maximum absolute atomic E-state index is 12.6. The van der Waals surface area contributed by atoms with Crippen LogP contribution in [0.15, 0.2) is 24.3 Å². The molecule has 4 aliphatic carbocycles. The third-order valence-corrected chi connectivity index (χ3v) is 6.99. The van der Waals surface area contributed by atoms with Gasteiger partial charge >= 0.3 is 11.9 Å². The maximum atomic E-state index is 12.6. The molecule has 0 amide bonds. The van der Waals surface area contributed by atoms with Gasteiger partial charge in [0, 0.05) is 5.92 Å². The largest absolute Gasteiger partial charge is 0.478 e. The molecular formula is C19H20O4. The summed E-state index contributed by atoms with van der Waals surface area (Å²) < 4.78 is 5.87. The fourth-order valence-electron chi connectivity index (χ4n) is 5.89. The Morgan fingerprint density at radius 3 is 2.35 bits per heavy atom. The molecule has 1 aromatic rings. The Kier molecular flexibility index (Phi) is 2.46. The van der Waals surface area contributed by atoms with Gasteiger partial charge in [-0.1, -0.05) is 12.1 Å². The molecule has 1 aromatic carbocycles. The topological polar surface area (TPSA) is 63.6 Å². The first-order chi connectivity index (χ1) is 11.1. The van der Waals surface area contributed by atoms with Crippen LogP contribution in [0.2, 0.25) is 0 Å². The van der Waals surface area contributed by atoms with Crippen LogP contribution in [0.5, 0.6) is 0 Å². The number of carbonyl (C=O) groups is 2. The highest BCUT2D eigenvalue weighted by Crippen LogP contribution is 2.82. The number of benzene rings is 1. The number of carboxylic acid groups (broad SMARTS) is 1. The molecule has 4 heteroatoms. The van der Waals surface area contributed by atoms with E-state index in [0.29, 0.717) is 16.7 Å². The van der Waals surface area contributed by atoms with E-state index in [4.69, 9.17) is 4.74 Å². The SMILES string of the molecule is O=C(O)c1ccccc1C(=O)O[C@H]1C[C@H]2CC3(CC3)[C@H]1C21CC1. The molecule has 0 saturated heterocycles. The van der Waals surface area contributed by atoms with Gasteiger partial charge in [0.2, 0.25) is 0 Å². The van der Waals surface area contributed by atoms with E-state index in [9.17, 15) is 14.7 Å². The Morgan fingerprint density at radius 2 is 1.78 bits per heavy atom. The summed E-state index contributed by atoms with van der Waals surface area (Å²) in [6, 6.07) is 6.34. The third kappa shape index (κ3) is 1.72. The first-order valence-corrected chi connectivity index (χ1v) is 8.59. The van der Waals surface area contributed by atoms with Gasteiger partial charge in [-0.2, -0.15) is 0 Å². The number of esters is 1. The van der Waals surface area contributed by atoms with Crippen LogP contribution in [-0.4, -0.2) is 23.1 Å². The molecule has 4 nitrogen and oxygen atoms in total. The second-order valence-corrected chi connectivity index (χ2v) is 8.00. The standard InChI is InChI=1S/C19H20O4/c20-16(21)12-3-1-2-4-13(12)17(22)23-14-9-11-10-18(5-6-18)15(14)19(11)7-8-19/h1-4,11,14-15H,5-10H2,(H,20,21)/t11-,14-,15-/m0/s1. The summed E-state index contributed by atoms with van der Waals surface area (Å²) >= 11 is 0. The third-order valence-electron chi connectivity index (χ3n) is 6.99. The van der Waals surface area contributed by atoms with Crippen molar-refractivity contribution in [3.8, 4) is 0 Å². The quantitative estimate of drug-likeness (QED) is 0.868. The van der Waals surface area contributed by atoms with Gasteiger partial charge in [0.05, 0.1) is 11.1 Å². The van der Waals surface area contributed by atoms with Crippen LogP contribution in [0.4, 0.5) is 0 Å². The zero-order valence-corrected chi connectivity index (χ0v) is 13.0. The lowest BCUT2D eigenvalue weighted by atomic mass is 9.82. The molecule has 3 atom stereocenters. The van der Waals surface area contributed by atoms with E-state index in [1.165, 1.54) is 38.2 Å². The first kappa shape index (κ1) is 13.6. The normalized spacial score (nSPS) is 33.8. The molecule has 0 unspecified atom stereocenters. The molecule has 0 aliphatic heterocycles. The fraction of sp³-hybridized carbons (Fsp3) is 0.579. The minimum absolute atomic E-state index is 0.00639. The summed E-state index contributed by atoms with van der Waals surface area (Å²) in [6.07, 6.45) is 7.47. The minimum atomic E-state index is -1.08. The summed E-state index contributed by atoms with van der Waals surface area (Å²) in [4.78, 5) is 23.9. The van der Waals surface area contributed by atoms with Gasteiger partial charge in [-0.25, -0.2) is 9.59 Å². The van der Waals surface area contributed by atoms with Gasteiger partial charge in [0.15, 0.2) is 0 Å². The Labute approximate surface area is 134 Å². The number of hydrogen-bond acceptors (Lipinski definition) is 3. The van der Waals surface area contributed by atoms with E-state index in [2.05, 4.69) is 0 Å². The van der Waals surface area contributed by atoms with Gasteiger partial charge in [-0.15, -0.1) is 0 Å². The lowest BCUT2D eigenvalue weighted by molar-refractivity contribution is -0.000697. The molecule has 0 radical (unpaired) electrons. The molecule has 4 saturated carbocycles. The van der Waals surface area contributed by atoms with Crippen molar-refractivity contribution in [1.29, 1.82) is 0 Å². The molecule has 2 bridgehead atoms. The summed E-state index contributed by atoms with van der Waals surface area (Å²) in [5, 5.41) is 9.26. The molecule has 1 N–H and O–H groups in total. The summed E-state index contributed by atoms with van der Waals surface area (Å²) in [6.45, 7) is 0. The van der Waals surface area contributed by atoms with Gasteiger partial charge in [0.25, 0.3) is 0 Å². The van der Waals surface area contributed by atoms with Crippen molar-refractivity contribution in [2.45, 2.75) is 44.6 Å². The van der Waals surface area contributed by atoms with Crippen LogP contribution in [0.25, 0.3) is 0 Å². The second-order valence-electron chi connectivity index (χ2n) is 8.00. The van der Waals surface area contributed by atoms with Crippen molar-refractivity contribution in [3.05, 3.63) is 35.4 Å².